The topological polar surface area (TPSA) is 51.2 Å². The molecule has 0 spiro atoms. The molecule has 0 fully saturated rings. The number of rotatable bonds is 8. The van der Waals surface area contributed by atoms with Crippen molar-refractivity contribution in [3.05, 3.63) is 106 Å². The normalized spacial score (nSPS) is 10.6. The van der Waals surface area contributed by atoms with Crippen LogP contribution in [-0.2, 0) is 19.3 Å². The van der Waals surface area contributed by atoms with Crippen molar-refractivity contribution in [1.29, 1.82) is 0 Å². The van der Waals surface area contributed by atoms with Crippen LogP contribution in [0.4, 0.5) is 0 Å². The van der Waals surface area contributed by atoms with E-state index < -0.39 is 0 Å². The molecule has 3 heteroatoms. The molecule has 0 saturated heterocycles. The summed E-state index contributed by atoms with van der Waals surface area (Å²) in [6.07, 6.45) is 1.37. The molecule has 3 aromatic carbocycles. The highest BCUT2D eigenvalue weighted by atomic mass is 16.1. The molecule has 0 atom stereocenters. The Balaban J connectivity index is 1.88. The zero-order valence-corrected chi connectivity index (χ0v) is 16.8. The summed E-state index contributed by atoms with van der Waals surface area (Å²) in [5.74, 6) is -0.377. The highest BCUT2D eigenvalue weighted by Gasteiger charge is 2.16. The fraction of sp³-hybridized carbons (Fsp3) is 0.192. The molecular formula is C26H24O3. The summed E-state index contributed by atoms with van der Waals surface area (Å²) in [5, 5.41) is 0. The minimum Gasteiger partial charge on any atom is -0.295 e. The Morgan fingerprint density at radius 1 is 0.621 bits per heavy atom. The van der Waals surface area contributed by atoms with E-state index in [1.165, 1.54) is 12.5 Å². The van der Waals surface area contributed by atoms with Crippen molar-refractivity contribution in [2.75, 3.05) is 0 Å². The maximum atomic E-state index is 12.9. The van der Waals surface area contributed by atoms with E-state index in [1.807, 2.05) is 54.6 Å². The fourth-order valence-corrected chi connectivity index (χ4v) is 3.28. The molecule has 0 aliphatic heterocycles. The average Bonchev–Trinajstić information content (AvgIpc) is 2.74. The van der Waals surface area contributed by atoms with Crippen LogP contribution < -0.4 is 0 Å². The number of ketones is 3. The van der Waals surface area contributed by atoms with Gasteiger partial charge in [-0.05, 0) is 48.2 Å². The first kappa shape index (κ1) is 20.4. The molecule has 0 aliphatic carbocycles. The Bertz CT molecular complexity index is 1050. The third-order valence-electron chi connectivity index (χ3n) is 4.96. The van der Waals surface area contributed by atoms with Gasteiger partial charge in [0.25, 0.3) is 0 Å². The third-order valence-corrected chi connectivity index (χ3v) is 4.96. The van der Waals surface area contributed by atoms with Gasteiger partial charge in [-0.3, -0.25) is 14.4 Å². The summed E-state index contributed by atoms with van der Waals surface area (Å²) in [5.41, 5.74) is 4.18. The molecule has 0 unspecified atom stereocenters. The van der Waals surface area contributed by atoms with Crippen LogP contribution in [-0.4, -0.2) is 17.3 Å². The van der Waals surface area contributed by atoms with Crippen LogP contribution in [0.2, 0.25) is 0 Å². The number of Topliss-reactive ketones (excluding diaryl/α,β-unsaturated/α-hetero) is 3. The molecule has 0 aliphatic rings. The van der Waals surface area contributed by atoms with Crippen LogP contribution in [0.1, 0.15) is 61.6 Å². The Kier molecular flexibility index (Phi) is 6.50. The van der Waals surface area contributed by atoms with Gasteiger partial charge in [-0.2, -0.15) is 0 Å². The molecule has 3 aromatic rings. The molecule has 0 amide bonds. The molecule has 0 aromatic heterocycles. The Hall–Kier alpha value is -3.33. The van der Waals surface area contributed by atoms with Crippen molar-refractivity contribution in [2.45, 2.75) is 33.1 Å². The second-order valence-electron chi connectivity index (χ2n) is 7.21. The number of aryl methyl sites for hydroxylation is 1. The molecule has 0 heterocycles. The minimum absolute atomic E-state index is 0.102. The van der Waals surface area contributed by atoms with Gasteiger partial charge in [-0.25, -0.2) is 0 Å². The first-order valence-corrected chi connectivity index (χ1v) is 9.80. The van der Waals surface area contributed by atoms with Crippen LogP contribution in [0.15, 0.2) is 72.8 Å². The van der Waals surface area contributed by atoms with Gasteiger partial charge in [0.1, 0.15) is 0 Å². The van der Waals surface area contributed by atoms with E-state index in [4.69, 9.17) is 0 Å². The van der Waals surface area contributed by atoms with Gasteiger partial charge in [-0.1, -0.05) is 61.5 Å². The number of hydrogen-bond acceptors (Lipinski definition) is 3. The fourth-order valence-electron chi connectivity index (χ4n) is 3.28. The largest absolute Gasteiger partial charge is 0.295 e. The number of carbonyl (C=O) groups excluding carboxylic acids is 3. The van der Waals surface area contributed by atoms with E-state index >= 15 is 0 Å². The maximum Gasteiger partial charge on any atom is 0.167 e. The van der Waals surface area contributed by atoms with E-state index in [-0.39, 0.29) is 30.2 Å². The number of carbonyl (C=O) groups is 3. The van der Waals surface area contributed by atoms with Gasteiger partial charge in [0, 0.05) is 29.5 Å². The van der Waals surface area contributed by atoms with Crippen LogP contribution >= 0.6 is 0 Å². The van der Waals surface area contributed by atoms with Crippen molar-refractivity contribution in [3.8, 4) is 0 Å². The summed E-state index contributed by atoms with van der Waals surface area (Å²) >= 11 is 0. The molecule has 0 bridgehead atoms. The lowest BCUT2D eigenvalue weighted by Gasteiger charge is -2.09. The van der Waals surface area contributed by atoms with Crippen LogP contribution in [0, 0.1) is 0 Å². The summed E-state index contributed by atoms with van der Waals surface area (Å²) in [6.45, 7) is 3.52. The monoisotopic (exact) mass is 384 g/mol. The first-order chi connectivity index (χ1) is 14.0. The van der Waals surface area contributed by atoms with E-state index in [9.17, 15) is 14.4 Å². The lowest BCUT2D eigenvalue weighted by molar-refractivity contribution is 0.0992. The van der Waals surface area contributed by atoms with Crippen LogP contribution in [0.25, 0.3) is 0 Å². The van der Waals surface area contributed by atoms with Gasteiger partial charge in [0.05, 0.1) is 0 Å². The highest BCUT2D eigenvalue weighted by Crippen LogP contribution is 2.17. The van der Waals surface area contributed by atoms with Gasteiger partial charge in [0.2, 0.25) is 0 Å². The molecule has 0 saturated carbocycles. The predicted molar refractivity (Wildman–Crippen MR) is 115 cm³/mol. The smallest absolute Gasteiger partial charge is 0.167 e. The summed E-state index contributed by atoms with van der Waals surface area (Å²) in [7, 11) is 0. The maximum absolute atomic E-state index is 12.9. The van der Waals surface area contributed by atoms with Crippen LogP contribution in [0.5, 0.6) is 0 Å². The van der Waals surface area contributed by atoms with Crippen molar-refractivity contribution in [1.82, 2.24) is 0 Å². The Labute approximate surface area is 171 Å². The van der Waals surface area contributed by atoms with Crippen molar-refractivity contribution >= 4 is 17.3 Å². The van der Waals surface area contributed by atoms with E-state index in [0.29, 0.717) is 16.7 Å². The van der Waals surface area contributed by atoms with Gasteiger partial charge in [-0.15, -0.1) is 0 Å². The highest BCUT2D eigenvalue weighted by molar-refractivity contribution is 6.06. The lowest BCUT2D eigenvalue weighted by Crippen LogP contribution is -2.10. The number of hydrogen-bond donors (Lipinski definition) is 0. The second-order valence-corrected chi connectivity index (χ2v) is 7.21. The summed E-state index contributed by atoms with van der Waals surface area (Å²) < 4.78 is 0. The SMILES string of the molecule is CCc1cccc(CC(=O)c2cc(C(C)=O)cc(C(=O)Cc3ccccc3)c2)c1. The molecule has 146 valence electrons. The van der Waals surface area contributed by atoms with Gasteiger partial charge in [0.15, 0.2) is 17.3 Å². The minimum atomic E-state index is -0.165. The molecule has 0 radical (unpaired) electrons. The van der Waals surface area contributed by atoms with Crippen molar-refractivity contribution < 1.29 is 14.4 Å². The van der Waals surface area contributed by atoms with E-state index in [2.05, 4.69) is 6.92 Å². The average molecular weight is 384 g/mol. The molecule has 3 rings (SSSR count). The standard InChI is InChI=1S/C26H24O3/c1-3-19-10-7-11-21(12-19)14-26(29)24-16-22(18(2)27)15-23(17-24)25(28)13-20-8-5-4-6-9-20/h4-12,15-17H,3,13-14H2,1-2H3. The first-order valence-electron chi connectivity index (χ1n) is 9.80. The second kappa shape index (κ2) is 9.24. The third kappa shape index (κ3) is 5.35. The van der Waals surface area contributed by atoms with Crippen LogP contribution in [0.3, 0.4) is 0 Å². The Morgan fingerprint density at radius 2 is 1.14 bits per heavy atom. The summed E-state index contributed by atoms with van der Waals surface area (Å²) in [4.78, 5) is 37.7. The van der Waals surface area contributed by atoms with Crippen molar-refractivity contribution in [2.24, 2.45) is 0 Å². The predicted octanol–water partition coefficient (Wildman–Crippen LogP) is 5.30. The molecule has 0 N–H and O–H groups in total. The van der Waals surface area contributed by atoms with Gasteiger partial charge < -0.3 is 0 Å². The van der Waals surface area contributed by atoms with E-state index in [1.54, 1.807) is 18.2 Å². The van der Waals surface area contributed by atoms with Gasteiger partial charge >= 0.3 is 0 Å². The zero-order valence-electron chi connectivity index (χ0n) is 16.8. The quantitative estimate of drug-likeness (QED) is 0.495. The van der Waals surface area contributed by atoms with Crippen molar-refractivity contribution in [3.63, 3.8) is 0 Å². The zero-order chi connectivity index (χ0) is 20.8. The summed E-state index contributed by atoms with van der Waals surface area (Å²) in [6, 6.07) is 22.2. The molecule has 3 nitrogen and oxygen atoms in total. The Morgan fingerprint density at radius 3 is 1.72 bits per heavy atom. The van der Waals surface area contributed by atoms with E-state index in [0.717, 1.165) is 17.5 Å². The lowest BCUT2D eigenvalue weighted by atomic mass is 9.94. The molecule has 29 heavy (non-hydrogen) atoms. The number of benzene rings is 3. The molecular weight excluding hydrogens is 360 g/mol.